The second-order valence-corrected chi connectivity index (χ2v) is 4.81. The number of nitrogens with two attached hydrogens (primary N) is 1. The van der Waals surface area contributed by atoms with E-state index >= 15 is 0 Å². The SMILES string of the molecule is N[C@H](C=O)C(F)(F)c1ccc(-c2ccc(Cl)cc2)cc1. The fraction of sp³-hybridized carbons (Fsp3) is 0.133. The molecule has 0 amide bonds. The van der Waals surface area contributed by atoms with E-state index in [0.29, 0.717) is 5.02 Å². The van der Waals surface area contributed by atoms with E-state index in [-0.39, 0.29) is 11.8 Å². The molecule has 104 valence electrons. The molecule has 5 heteroatoms. The van der Waals surface area contributed by atoms with Crippen LogP contribution in [-0.4, -0.2) is 12.3 Å². The Labute approximate surface area is 120 Å². The Morgan fingerprint density at radius 1 is 1.00 bits per heavy atom. The first kappa shape index (κ1) is 14.6. The molecule has 0 bridgehead atoms. The average molecular weight is 296 g/mol. The van der Waals surface area contributed by atoms with Gasteiger partial charge in [-0.25, -0.2) is 0 Å². The van der Waals surface area contributed by atoms with Crippen LogP contribution in [0.3, 0.4) is 0 Å². The first-order valence-electron chi connectivity index (χ1n) is 5.90. The zero-order chi connectivity index (χ0) is 14.8. The zero-order valence-electron chi connectivity index (χ0n) is 10.4. The fourth-order valence-electron chi connectivity index (χ4n) is 1.81. The smallest absolute Gasteiger partial charge is 0.294 e. The molecule has 2 aromatic rings. The molecule has 0 saturated heterocycles. The summed E-state index contributed by atoms with van der Waals surface area (Å²) >= 11 is 5.79. The van der Waals surface area contributed by atoms with Crippen LogP contribution < -0.4 is 5.73 Å². The van der Waals surface area contributed by atoms with Crippen LogP contribution in [0.1, 0.15) is 5.56 Å². The molecule has 0 spiro atoms. The minimum absolute atomic E-state index is 0.0487. The van der Waals surface area contributed by atoms with Crippen molar-refractivity contribution in [3.8, 4) is 11.1 Å². The lowest BCUT2D eigenvalue weighted by Gasteiger charge is -2.19. The number of carbonyl (C=O) groups is 1. The molecule has 0 aliphatic heterocycles. The minimum atomic E-state index is -3.37. The van der Waals surface area contributed by atoms with Crippen LogP contribution in [-0.2, 0) is 10.7 Å². The van der Waals surface area contributed by atoms with Gasteiger partial charge in [0.15, 0.2) is 0 Å². The van der Waals surface area contributed by atoms with Crippen molar-refractivity contribution < 1.29 is 13.6 Å². The largest absolute Gasteiger partial charge is 0.316 e. The highest BCUT2D eigenvalue weighted by molar-refractivity contribution is 6.30. The van der Waals surface area contributed by atoms with E-state index in [2.05, 4.69) is 0 Å². The molecule has 20 heavy (non-hydrogen) atoms. The summed E-state index contributed by atoms with van der Waals surface area (Å²) in [6, 6.07) is 10.9. The summed E-state index contributed by atoms with van der Waals surface area (Å²) in [6.07, 6.45) is 0.0487. The summed E-state index contributed by atoms with van der Waals surface area (Å²) in [5.41, 5.74) is 6.48. The van der Waals surface area contributed by atoms with Gasteiger partial charge in [0.1, 0.15) is 12.3 Å². The van der Waals surface area contributed by atoms with E-state index in [1.807, 2.05) is 0 Å². The summed E-state index contributed by atoms with van der Waals surface area (Å²) in [6.45, 7) is 0. The Morgan fingerprint density at radius 3 is 1.90 bits per heavy atom. The third kappa shape index (κ3) is 2.86. The van der Waals surface area contributed by atoms with E-state index in [1.165, 1.54) is 12.1 Å². The number of hydrogen-bond acceptors (Lipinski definition) is 2. The topological polar surface area (TPSA) is 43.1 Å². The number of rotatable bonds is 4. The van der Waals surface area contributed by atoms with Crippen molar-refractivity contribution >= 4 is 17.9 Å². The summed E-state index contributed by atoms with van der Waals surface area (Å²) < 4.78 is 27.5. The molecular weight excluding hydrogens is 284 g/mol. The van der Waals surface area contributed by atoms with Gasteiger partial charge >= 0.3 is 0 Å². The van der Waals surface area contributed by atoms with E-state index in [0.717, 1.165) is 11.1 Å². The zero-order valence-corrected chi connectivity index (χ0v) is 11.1. The molecule has 2 nitrogen and oxygen atoms in total. The molecule has 2 N–H and O–H groups in total. The second kappa shape index (κ2) is 5.69. The molecule has 0 aliphatic carbocycles. The molecule has 0 unspecified atom stereocenters. The summed E-state index contributed by atoms with van der Waals surface area (Å²) in [5.74, 6) is -3.37. The molecule has 0 fully saturated rings. The Bertz CT molecular complexity index is 596. The minimum Gasteiger partial charge on any atom is -0.316 e. The maximum atomic E-state index is 13.8. The van der Waals surface area contributed by atoms with Gasteiger partial charge < -0.3 is 10.5 Å². The van der Waals surface area contributed by atoms with Crippen LogP contribution in [0.4, 0.5) is 8.78 Å². The standard InChI is InChI=1S/C15H12ClF2NO/c16-13-7-3-11(4-8-13)10-1-5-12(6-2-10)15(17,18)14(19)9-20/h1-9,14H,19H2/t14-/m1/s1. The van der Waals surface area contributed by atoms with Crippen LogP contribution in [0.2, 0.25) is 5.02 Å². The average Bonchev–Trinajstić information content (AvgIpc) is 2.47. The summed E-state index contributed by atoms with van der Waals surface area (Å²) in [4.78, 5) is 10.4. The van der Waals surface area contributed by atoms with E-state index in [4.69, 9.17) is 17.3 Å². The molecular formula is C15H12ClF2NO. The van der Waals surface area contributed by atoms with Crippen molar-refractivity contribution in [3.63, 3.8) is 0 Å². The number of hydrogen-bond donors (Lipinski definition) is 1. The number of alkyl halides is 2. The van der Waals surface area contributed by atoms with E-state index in [9.17, 15) is 13.6 Å². The molecule has 0 heterocycles. The molecule has 0 saturated carbocycles. The van der Waals surface area contributed by atoms with Crippen LogP contribution in [0.25, 0.3) is 11.1 Å². The molecule has 0 aliphatic rings. The first-order valence-corrected chi connectivity index (χ1v) is 6.28. The van der Waals surface area contributed by atoms with Gasteiger partial charge in [-0.15, -0.1) is 0 Å². The van der Waals surface area contributed by atoms with Gasteiger partial charge in [0.2, 0.25) is 0 Å². The van der Waals surface area contributed by atoms with Crippen molar-refractivity contribution in [2.45, 2.75) is 12.0 Å². The fourth-order valence-corrected chi connectivity index (χ4v) is 1.93. The normalized spacial score (nSPS) is 13.0. The van der Waals surface area contributed by atoms with Crippen molar-refractivity contribution in [3.05, 3.63) is 59.1 Å². The van der Waals surface area contributed by atoms with Crippen LogP contribution in [0, 0.1) is 0 Å². The highest BCUT2D eigenvalue weighted by atomic mass is 35.5. The predicted molar refractivity (Wildman–Crippen MR) is 74.8 cm³/mol. The third-order valence-electron chi connectivity index (χ3n) is 3.01. The molecule has 2 aromatic carbocycles. The summed E-state index contributed by atoms with van der Waals surface area (Å²) in [5, 5.41) is 0.605. The lowest BCUT2D eigenvalue weighted by molar-refractivity contribution is -0.118. The van der Waals surface area contributed by atoms with Crippen LogP contribution in [0.15, 0.2) is 48.5 Å². The summed E-state index contributed by atoms with van der Waals surface area (Å²) in [7, 11) is 0. The van der Waals surface area contributed by atoms with Crippen molar-refractivity contribution in [1.82, 2.24) is 0 Å². The van der Waals surface area contributed by atoms with Gasteiger partial charge in [0.05, 0.1) is 0 Å². The quantitative estimate of drug-likeness (QED) is 0.875. The lowest BCUT2D eigenvalue weighted by atomic mass is 9.98. The number of aldehydes is 1. The molecule has 0 radical (unpaired) electrons. The monoisotopic (exact) mass is 295 g/mol. The Morgan fingerprint density at radius 2 is 1.45 bits per heavy atom. The molecule has 2 rings (SSSR count). The number of carbonyl (C=O) groups excluding carboxylic acids is 1. The van der Waals surface area contributed by atoms with Crippen molar-refractivity contribution in [2.24, 2.45) is 5.73 Å². The van der Waals surface area contributed by atoms with Gasteiger partial charge in [-0.2, -0.15) is 8.78 Å². The maximum absolute atomic E-state index is 13.8. The van der Waals surface area contributed by atoms with Gasteiger partial charge in [0, 0.05) is 10.6 Å². The lowest BCUT2D eigenvalue weighted by Crippen LogP contribution is -2.39. The number of benzene rings is 2. The van der Waals surface area contributed by atoms with Gasteiger partial charge in [-0.1, -0.05) is 48.0 Å². The Hall–Kier alpha value is -1.78. The molecule has 1 atom stereocenters. The highest BCUT2D eigenvalue weighted by Gasteiger charge is 2.38. The van der Waals surface area contributed by atoms with Crippen LogP contribution >= 0.6 is 11.6 Å². The van der Waals surface area contributed by atoms with E-state index in [1.54, 1.807) is 36.4 Å². The van der Waals surface area contributed by atoms with Crippen LogP contribution in [0.5, 0.6) is 0 Å². The van der Waals surface area contributed by atoms with Gasteiger partial charge in [-0.3, -0.25) is 0 Å². The Kier molecular flexibility index (Phi) is 4.16. The predicted octanol–water partition coefficient (Wildman–Crippen LogP) is 3.63. The third-order valence-corrected chi connectivity index (χ3v) is 3.26. The first-order chi connectivity index (χ1) is 9.45. The van der Waals surface area contributed by atoms with Gasteiger partial charge in [0.25, 0.3) is 5.92 Å². The van der Waals surface area contributed by atoms with E-state index < -0.39 is 12.0 Å². The van der Waals surface area contributed by atoms with Crippen molar-refractivity contribution in [1.29, 1.82) is 0 Å². The Balaban J connectivity index is 2.30. The van der Waals surface area contributed by atoms with Gasteiger partial charge in [-0.05, 0) is 23.3 Å². The van der Waals surface area contributed by atoms with Crippen molar-refractivity contribution in [2.75, 3.05) is 0 Å². The second-order valence-electron chi connectivity index (χ2n) is 4.37. The number of halogens is 3. The highest BCUT2D eigenvalue weighted by Crippen LogP contribution is 2.32. The maximum Gasteiger partial charge on any atom is 0.294 e. The molecule has 0 aromatic heterocycles.